The number of ether oxygens (including phenoxy) is 2. The Hall–Kier alpha value is -0.900. The molecule has 0 amide bonds. The topological polar surface area (TPSA) is 52.6 Å². The van der Waals surface area contributed by atoms with Gasteiger partial charge in [-0.1, -0.05) is 0 Å². The monoisotopic (exact) mass is 174 g/mol. The van der Waals surface area contributed by atoms with Crippen LogP contribution in [-0.4, -0.2) is 31.1 Å². The molecule has 0 aromatic heterocycles. The summed E-state index contributed by atoms with van der Waals surface area (Å²) in [5, 5.41) is 0. The van der Waals surface area contributed by atoms with Crippen molar-refractivity contribution >= 4 is 11.8 Å². The summed E-state index contributed by atoms with van der Waals surface area (Å²) in [4.78, 5) is 21.3. The highest BCUT2D eigenvalue weighted by atomic mass is 16.6. The molecular weight excluding hydrogens is 160 g/mol. The Morgan fingerprint density at radius 1 is 1.33 bits per heavy atom. The number of hydrogen-bond acceptors (Lipinski definition) is 4. The molecule has 1 atom stereocenters. The molecule has 0 radical (unpaired) electrons. The lowest BCUT2D eigenvalue weighted by molar-refractivity contribution is -0.155. The lowest BCUT2D eigenvalue weighted by Crippen LogP contribution is -2.29. The van der Waals surface area contributed by atoms with Gasteiger partial charge in [0.15, 0.2) is 11.9 Å². The van der Waals surface area contributed by atoms with Crippen LogP contribution < -0.4 is 0 Å². The molecule has 0 bridgehead atoms. The number of hydrogen-bond donors (Lipinski definition) is 0. The second kappa shape index (κ2) is 5.71. The van der Waals surface area contributed by atoms with Crippen LogP contribution >= 0.6 is 0 Å². The van der Waals surface area contributed by atoms with Crippen LogP contribution in [0.5, 0.6) is 0 Å². The first-order valence-corrected chi connectivity index (χ1v) is 3.83. The van der Waals surface area contributed by atoms with E-state index in [1.165, 1.54) is 13.8 Å². The van der Waals surface area contributed by atoms with E-state index in [4.69, 9.17) is 9.47 Å². The Labute approximate surface area is 71.8 Å². The summed E-state index contributed by atoms with van der Waals surface area (Å²) in [6.45, 7) is 5.09. The molecule has 0 aliphatic heterocycles. The van der Waals surface area contributed by atoms with Gasteiger partial charge in [0, 0.05) is 13.5 Å². The Morgan fingerprint density at radius 2 is 1.92 bits per heavy atom. The normalized spacial score (nSPS) is 12.2. The predicted molar refractivity (Wildman–Crippen MR) is 42.7 cm³/mol. The summed E-state index contributed by atoms with van der Waals surface area (Å²) < 4.78 is 9.66. The van der Waals surface area contributed by atoms with Crippen molar-refractivity contribution in [2.24, 2.45) is 0 Å². The van der Waals surface area contributed by atoms with Crippen molar-refractivity contribution < 1.29 is 19.1 Å². The van der Waals surface area contributed by atoms with Crippen LogP contribution in [0.3, 0.4) is 0 Å². The highest BCUT2D eigenvalue weighted by molar-refractivity contribution is 5.83. The maximum Gasteiger partial charge on any atom is 0.303 e. The van der Waals surface area contributed by atoms with E-state index < -0.39 is 12.1 Å². The van der Waals surface area contributed by atoms with E-state index in [1.807, 2.05) is 6.92 Å². The summed E-state index contributed by atoms with van der Waals surface area (Å²) >= 11 is 0. The van der Waals surface area contributed by atoms with Crippen LogP contribution in [-0.2, 0) is 19.1 Å². The van der Waals surface area contributed by atoms with Crippen molar-refractivity contribution in [2.75, 3.05) is 13.2 Å². The number of esters is 1. The average molecular weight is 174 g/mol. The Balaban J connectivity index is 3.87. The van der Waals surface area contributed by atoms with Gasteiger partial charge in [0.2, 0.25) is 0 Å². The maximum absolute atomic E-state index is 10.8. The van der Waals surface area contributed by atoms with Crippen LogP contribution in [0.1, 0.15) is 20.8 Å². The molecule has 4 nitrogen and oxygen atoms in total. The fraction of sp³-hybridized carbons (Fsp3) is 0.750. The number of carbonyl (C=O) groups excluding carboxylic acids is 2. The molecule has 0 aromatic carbocycles. The van der Waals surface area contributed by atoms with E-state index >= 15 is 0 Å². The van der Waals surface area contributed by atoms with E-state index in [-0.39, 0.29) is 12.4 Å². The number of carbonyl (C=O) groups is 2. The first-order valence-electron chi connectivity index (χ1n) is 3.83. The highest BCUT2D eigenvalue weighted by Crippen LogP contribution is 1.95. The van der Waals surface area contributed by atoms with Gasteiger partial charge in [-0.25, -0.2) is 0 Å². The van der Waals surface area contributed by atoms with Crippen LogP contribution in [0.25, 0.3) is 0 Å². The van der Waals surface area contributed by atoms with Crippen molar-refractivity contribution in [1.82, 2.24) is 0 Å². The van der Waals surface area contributed by atoms with Crippen LogP contribution in [0.15, 0.2) is 0 Å². The summed E-state index contributed by atoms with van der Waals surface area (Å²) in [6, 6.07) is 0. The SMILES string of the molecule is CCOCC(OC(C)=O)C(C)=O. The molecule has 0 saturated carbocycles. The lowest BCUT2D eigenvalue weighted by atomic mass is 10.3. The zero-order chi connectivity index (χ0) is 9.56. The van der Waals surface area contributed by atoms with Gasteiger partial charge in [0.25, 0.3) is 0 Å². The van der Waals surface area contributed by atoms with Crippen LogP contribution in [0.2, 0.25) is 0 Å². The lowest BCUT2D eigenvalue weighted by Gasteiger charge is -2.12. The fourth-order valence-electron chi connectivity index (χ4n) is 0.660. The summed E-state index contributed by atoms with van der Waals surface area (Å²) in [5.41, 5.74) is 0. The van der Waals surface area contributed by atoms with E-state index in [0.717, 1.165) is 0 Å². The molecule has 4 heteroatoms. The third-order valence-electron chi connectivity index (χ3n) is 1.23. The van der Waals surface area contributed by atoms with E-state index in [0.29, 0.717) is 6.61 Å². The number of ketones is 1. The third kappa shape index (κ3) is 4.85. The minimum atomic E-state index is -0.748. The molecule has 0 heterocycles. The zero-order valence-electron chi connectivity index (χ0n) is 7.62. The van der Waals surface area contributed by atoms with E-state index in [2.05, 4.69) is 0 Å². The van der Waals surface area contributed by atoms with Gasteiger partial charge >= 0.3 is 5.97 Å². The molecule has 12 heavy (non-hydrogen) atoms. The van der Waals surface area contributed by atoms with Gasteiger partial charge in [0.05, 0.1) is 6.61 Å². The van der Waals surface area contributed by atoms with Crippen molar-refractivity contribution in [1.29, 1.82) is 0 Å². The molecule has 0 fully saturated rings. The maximum atomic E-state index is 10.8. The van der Waals surface area contributed by atoms with Crippen LogP contribution in [0.4, 0.5) is 0 Å². The van der Waals surface area contributed by atoms with E-state index in [9.17, 15) is 9.59 Å². The van der Waals surface area contributed by atoms with E-state index in [1.54, 1.807) is 0 Å². The van der Waals surface area contributed by atoms with Crippen molar-refractivity contribution in [2.45, 2.75) is 26.9 Å². The molecule has 0 N–H and O–H groups in total. The molecule has 70 valence electrons. The summed E-state index contributed by atoms with van der Waals surface area (Å²) in [7, 11) is 0. The van der Waals surface area contributed by atoms with Gasteiger partial charge in [-0.2, -0.15) is 0 Å². The molecule has 0 saturated heterocycles. The van der Waals surface area contributed by atoms with Gasteiger partial charge in [-0.3, -0.25) is 9.59 Å². The fourth-order valence-corrected chi connectivity index (χ4v) is 0.660. The second-order valence-corrected chi connectivity index (χ2v) is 2.37. The largest absolute Gasteiger partial charge is 0.452 e. The third-order valence-corrected chi connectivity index (χ3v) is 1.23. The summed E-state index contributed by atoms with van der Waals surface area (Å²) in [5.74, 6) is -0.659. The van der Waals surface area contributed by atoms with Gasteiger partial charge < -0.3 is 9.47 Å². The predicted octanol–water partition coefficient (Wildman–Crippen LogP) is 0.544. The standard InChI is InChI=1S/C8H14O4/c1-4-11-5-8(6(2)9)12-7(3)10/h8H,4-5H2,1-3H3. The smallest absolute Gasteiger partial charge is 0.303 e. The highest BCUT2D eigenvalue weighted by Gasteiger charge is 2.16. The van der Waals surface area contributed by atoms with Gasteiger partial charge in [-0.05, 0) is 13.8 Å². The molecule has 0 aliphatic carbocycles. The molecule has 0 aromatic rings. The van der Waals surface area contributed by atoms with Crippen LogP contribution in [0, 0.1) is 0 Å². The zero-order valence-corrected chi connectivity index (χ0v) is 7.62. The molecular formula is C8H14O4. The minimum Gasteiger partial charge on any atom is -0.452 e. The molecule has 0 rings (SSSR count). The Bertz CT molecular complexity index is 164. The number of Topliss-reactive ketones (excluding diaryl/α,β-unsaturated/α-hetero) is 1. The average Bonchev–Trinajstić information content (AvgIpc) is 1.96. The quantitative estimate of drug-likeness (QED) is 0.571. The molecule has 0 aliphatic rings. The summed E-state index contributed by atoms with van der Waals surface area (Å²) in [6.07, 6.45) is -0.748. The van der Waals surface area contributed by atoms with Crippen molar-refractivity contribution in [3.8, 4) is 0 Å². The molecule has 1 unspecified atom stereocenters. The minimum absolute atomic E-state index is 0.144. The Morgan fingerprint density at radius 3 is 2.25 bits per heavy atom. The molecule has 0 spiro atoms. The number of rotatable bonds is 5. The van der Waals surface area contributed by atoms with Crippen molar-refractivity contribution in [3.05, 3.63) is 0 Å². The van der Waals surface area contributed by atoms with Crippen molar-refractivity contribution in [3.63, 3.8) is 0 Å². The first kappa shape index (κ1) is 11.1. The first-order chi connectivity index (χ1) is 5.57. The van der Waals surface area contributed by atoms with Gasteiger partial charge in [-0.15, -0.1) is 0 Å². The second-order valence-electron chi connectivity index (χ2n) is 2.37. The Kier molecular flexibility index (Phi) is 5.28. The van der Waals surface area contributed by atoms with Gasteiger partial charge in [0.1, 0.15) is 0 Å².